The summed E-state index contributed by atoms with van der Waals surface area (Å²) >= 11 is 5.76. The Kier molecular flexibility index (Phi) is 4.36. The molecule has 0 spiro atoms. The molecule has 2 aliphatic rings. The number of halogens is 1. The van der Waals surface area contributed by atoms with Crippen molar-refractivity contribution in [1.82, 2.24) is 15.1 Å². The molecule has 116 valence electrons. The number of piperidine rings is 1. The van der Waals surface area contributed by atoms with E-state index in [2.05, 4.69) is 36.0 Å². The highest BCUT2D eigenvalue weighted by Crippen LogP contribution is 2.44. The zero-order valence-electron chi connectivity index (χ0n) is 13.0. The Morgan fingerprint density at radius 2 is 2.14 bits per heavy atom. The lowest BCUT2D eigenvalue weighted by Crippen LogP contribution is -2.50. The Hall–Kier alpha value is -0.870. The number of nitrogens with zero attached hydrogens (tertiary/aromatic N) is 3. The predicted octanol–water partition coefficient (Wildman–Crippen LogP) is 3.26. The first-order valence-electron chi connectivity index (χ1n) is 7.90. The number of rotatable bonds is 4. The van der Waals surface area contributed by atoms with Gasteiger partial charge in [-0.05, 0) is 44.2 Å². The Morgan fingerprint density at radius 1 is 1.33 bits per heavy atom. The average Bonchev–Trinajstić information content (AvgIpc) is 2.71. The lowest BCUT2D eigenvalue weighted by molar-refractivity contribution is 0.0170. The maximum atomic E-state index is 5.92. The standard InChI is InChI=1S/C16H24ClN3O/c1-10(2)12-8-11-4-5-14(20(11)3)13(12)9-21-16-7-6-15(17)18-19-16/h6-7,10-14H,4-5,8-9H2,1-3H3/t11?,12-,13?,14?/m0/s1. The molecule has 1 aromatic heterocycles. The highest BCUT2D eigenvalue weighted by molar-refractivity contribution is 6.29. The van der Waals surface area contributed by atoms with E-state index in [1.807, 2.05) is 0 Å². The third-order valence-corrected chi connectivity index (χ3v) is 5.57. The van der Waals surface area contributed by atoms with Crippen LogP contribution >= 0.6 is 11.6 Å². The van der Waals surface area contributed by atoms with Gasteiger partial charge >= 0.3 is 0 Å². The summed E-state index contributed by atoms with van der Waals surface area (Å²) < 4.78 is 5.92. The number of hydrogen-bond acceptors (Lipinski definition) is 4. The molecule has 4 nitrogen and oxygen atoms in total. The third kappa shape index (κ3) is 3.02. The summed E-state index contributed by atoms with van der Waals surface area (Å²) in [6.07, 6.45) is 3.93. The zero-order valence-corrected chi connectivity index (χ0v) is 13.8. The largest absolute Gasteiger partial charge is 0.476 e. The van der Waals surface area contributed by atoms with Crippen LogP contribution in [0.5, 0.6) is 5.88 Å². The van der Waals surface area contributed by atoms with Crippen LogP contribution in [0.15, 0.2) is 12.1 Å². The molecule has 21 heavy (non-hydrogen) atoms. The molecule has 2 fully saturated rings. The normalized spacial score (nSPS) is 32.6. The van der Waals surface area contributed by atoms with Crippen molar-refractivity contribution in [2.75, 3.05) is 13.7 Å². The molecule has 0 aliphatic carbocycles. The van der Waals surface area contributed by atoms with Gasteiger partial charge < -0.3 is 9.64 Å². The van der Waals surface area contributed by atoms with Gasteiger partial charge in [-0.2, -0.15) is 0 Å². The number of fused-ring (bicyclic) bond motifs is 2. The molecule has 0 aromatic carbocycles. The first-order valence-corrected chi connectivity index (χ1v) is 8.28. The summed E-state index contributed by atoms with van der Waals surface area (Å²) in [6, 6.07) is 4.94. The number of hydrogen-bond donors (Lipinski definition) is 0. The molecular weight excluding hydrogens is 286 g/mol. The molecule has 0 radical (unpaired) electrons. The molecule has 2 bridgehead atoms. The minimum atomic E-state index is 0.401. The summed E-state index contributed by atoms with van der Waals surface area (Å²) in [7, 11) is 2.27. The molecule has 2 aliphatic heterocycles. The van der Waals surface area contributed by atoms with Gasteiger partial charge in [0.2, 0.25) is 5.88 Å². The molecule has 4 atom stereocenters. The van der Waals surface area contributed by atoms with Gasteiger partial charge in [0.1, 0.15) is 0 Å². The molecule has 0 N–H and O–H groups in total. The molecule has 5 heteroatoms. The smallest absolute Gasteiger partial charge is 0.233 e. The lowest BCUT2D eigenvalue weighted by Gasteiger charge is -2.44. The van der Waals surface area contributed by atoms with Crippen LogP contribution in [0, 0.1) is 17.8 Å². The maximum Gasteiger partial charge on any atom is 0.233 e. The fourth-order valence-corrected chi connectivity index (χ4v) is 4.28. The van der Waals surface area contributed by atoms with E-state index >= 15 is 0 Å². The van der Waals surface area contributed by atoms with Gasteiger partial charge in [0.05, 0.1) is 6.61 Å². The van der Waals surface area contributed by atoms with Gasteiger partial charge in [0.25, 0.3) is 0 Å². The first kappa shape index (κ1) is 15.0. The van der Waals surface area contributed by atoms with Crippen LogP contribution < -0.4 is 4.74 Å². The maximum absolute atomic E-state index is 5.92. The van der Waals surface area contributed by atoms with Gasteiger partial charge in [-0.15, -0.1) is 10.2 Å². The van der Waals surface area contributed by atoms with Crippen LogP contribution in [0.2, 0.25) is 5.15 Å². The molecular formula is C16H24ClN3O. The van der Waals surface area contributed by atoms with E-state index in [1.54, 1.807) is 12.1 Å². The van der Waals surface area contributed by atoms with E-state index in [0.717, 1.165) is 18.6 Å². The molecule has 1 aromatic rings. The van der Waals surface area contributed by atoms with E-state index in [1.165, 1.54) is 19.3 Å². The minimum Gasteiger partial charge on any atom is -0.476 e. The summed E-state index contributed by atoms with van der Waals surface area (Å²) in [5.41, 5.74) is 0. The molecule has 0 saturated carbocycles. The van der Waals surface area contributed by atoms with Crippen molar-refractivity contribution in [3.05, 3.63) is 17.3 Å². The van der Waals surface area contributed by atoms with Crippen molar-refractivity contribution < 1.29 is 4.74 Å². The summed E-state index contributed by atoms with van der Waals surface area (Å²) in [4.78, 5) is 2.57. The van der Waals surface area contributed by atoms with Crippen LogP contribution in [0.3, 0.4) is 0 Å². The summed E-state index contributed by atoms with van der Waals surface area (Å²) in [5.74, 6) is 2.58. The summed E-state index contributed by atoms with van der Waals surface area (Å²) in [6.45, 7) is 5.40. The van der Waals surface area contributed by atoms with Gasteiger partial charge in [-0.1, -0.05) is 25.4 Å². The van der Waals surface area contributed by atoms with Crippen molar-refractivity contribution in [2.45, 2.75) is 45.2 Å². The van der Waals surface area contributed by atoms with Crippen molar-refractivity contribution in [3.63, 3.8) is 0 Å². The molecule has 2 saturated heterocycles. The quantitative estimate of drug-likeness (QED) is 0.855. The van der Waals surface area contributed by atoms with Crippen LogP contribution in [0.1, 0.15) is 33.1 Å². The van der Waals surface area contributed by atoms with Gasteiger partial charge in [0.15, 0.2) is 5.15 Å². The van der Waals surface area contributed by atoms with Gasteiger partial charge in [-0.25, -0.2) is 0 Å². The Morgan fingerprint density at radius 3 is 2.81 bits per heavy atom. The Balaban J connectivity index is 1.70. The molecule has 0 amide bonds. The second kappa shape index (κ2) is 6.09. The van der Waals surface area contributed by atoms with Gasteiger partial charge in [0, 0.05) is 24.1 Å². The first-order chi connectivity index (χ1) is 10.1. The lowest BCUT2D eigenvalue weighted by atomic mass is 9.74. The fraction of sp³-hybridized carbons (Fsp3) is 0.750. The summed E-state index contributed by atoms with van der Waals surface area (Å²) in [5, 5.41) is 8.24. The highest BCUT2D eigenvalue weighted by atomic mass is 35.5. The molecule has 3 heterocycles. The van der Waals surface area contributed by atoms with Crippen molar-refractivity contribution in [1.29, 1.82) is 0 Å². The van der Waals surface area contributed by atoms with E-state index in [4.69, 9.17) is 16.3 Å². The number of ether oxygens (including phenoxy) is 1. The van der Waals surface area contributed by atoms with Gasteiger partial charge in [-0.3, -0.25) is 0 Å². The van der Waals surface area contributed by atoms with E-state index in [-0.39, 0.29) is 0 Å². The van der Waals surface area contributed by atoms with Crippen LogP contribution in [0.4, 0.5) is 0 Å². The predicted molar refractivity (Wildman–Crippen MR) is 83.5 cm³/mol. The van der Waals surface area contributed by atoms with Crippen LogP contribution in [-0.4, -0.2) is 40.8 Å². The van der Waals surface area contributed by atoms with E-state index in [0.29, 0.717) is 28.9 Å². The second-order valence-electron chi connectivity index (χ2n) is 6.78. The molecule has 3 rings (SSSR count). The highest BCUT2D eigenvalue weighted by Gasteiger charge is 2.46. The van der Waals surface area contributed by atoms with Crippen LogP contribution in [-0.2, 0) is 0 Å². The van der Waals surface area contributed by atoms with Crippen LogP contribution in [0.25, 0.3) is 0 Å². The second-order valence-corrected chi connectivity index (χ2v) is 7.16. The Bertz CT molecular complexity index is 479. The Labute approximate surface area is 131 Å². The average molecular weight is 310 g/mol. The van der Waals surface area contributed by atoms with E-state index in [9.17, 15) is 0 Å². The minimum absolute atomic E-state index is 0.401. The van der Waals surface area contributed by atoms with Crippen molar-refractivity contribution in [2.24, 2.45) is 17.8 Å². The topological polar surface area (TPSA) is 38.3 Å². The third-order valence-electron chi connectivity index (χ3n) is 5.37. The molecule has 3 unspecified atom stereocenters. The zero-order chi connectivity index (χ0) is 15.0. The SMILES string of the molecule is CC(C)[C@@H]1CC2CCC(C1COc1ccc(Cl)nn1)N2C. The van der Waals surface area contributed by atoms with Crippen molar-refractivity contribution >= 4 is 11.6 Å². The van der Waals surface area contributed by atoms with E-state index < -0.39 is 0 Å². The monoisotopic (exact) mass is 309 g/mol. The fourth-order valence-electron chi connectivity index (χ4n) is 4.18. The van der Waals surface area contributed by atoms with Crippen molar-refractivity contribution in [3.8, 4) is 5.88 Å². The number of aromatic nitrogens is 2.